The van der Waals surface area contributed by atoms with Gasteiger partial charge in [0.15, 0.2) is 5.76 Å². The second kappa shape index (κ2) is 6.90. The van der Waals surface area contributed by atoms with Gasteiger partial charge in [-0.3, -0.25) is 0 Å². The molecule has 1 atom stereocenters. The highest BCUT2D eigenvalue weighted by Crippen LogP contribution is 2.19. The standard InChI is InChI=1S/C14H24N2O2/c1-3-4-11(2)9-17-10-14-7-13(16-18-14)8-15-12-5-6-12/h7,11-12,15H,3-6,8-10H2,1-2H3. The minimum Gasteiger partial charge on any atom is -0.373 e. The zero-order valence-electron chi connectivity index (χ0n) is 11.4. The Hall–Kier alpha value is -0.870. The van der Waals surface area contributed by atoms with Gasteiger partial charge in [-0.2, -0.15) is 0 Å². The first-order valence-corrected chi connectivity index (χ1v) is 7.03. The van der Waals surface area contributed by atoms with E-state index < -0.39 is 0 Å². The molecule has 1 aliphatic carbocycles. The Labute approximate surface area is 109 Å². The first-order chi connectivity index (χ1) is 8.78. The van der Waals surface area contributed by atoms with Crippen molar-refractivity contribution in [1.29, 1.82) is 0 Å². The number of aromatic nitrogens is 1. The van der Waals surface area contributed by atoms with E-state index in [1.165, 1.54) is 25.7 Å². The molecule has 2 rings (SSSR count). The Kier molecular flexibility index (Phi) is 5.20. The number of hydrogen-bond donors (Lipinski definition) is 1. The van der Waals surface area contributed by atoms with Crippen molar-refractivity contribution in [3.05, 3.63) is 17.5 Å². The fourth-order valence-electron chi connectivity index (χ4n) is 1.98. The topological polar surface area (TPSA) is 47.3 Å². The maximum Gasteiger partial charge on any atom is 0.162 e. The molecule has 0 aliphatic heterocycles. The summed E-state index contributed by atoms with van der Waals surface area (Å²) < 4.78 is 10.9. The summed E-state index contributed by atoms with van der Waals surface area (Å²) >= 11 is 0. The van der Waals surface area contributed by atoms with Gasteiger partial charge in [0, 0.05) is 25.3 Å². The molecule has 1 aromatic heterocycles. The van der Waals surface area contributed by atoms with E-state index in [-0.39, 0.29) is 0 Å². The lowest BCUT2D eigenvalue weighted by Crippen LogP contribution is -2.15. The van der Waals surface area contributed by atoms with Crippen molar-refractivity contribution < 1.29 is 9.26 Å². The van der Waals surface area contributed by atoms with E-state index in [2.05, 4.69) is 24.3 Å². The average Bonchev–Trinajstić information content (AvgIpc) is 3.07. The summed E-state index contributed by atoms with van der Waals surface area (Å²) in [5.41, 5.74) is 0.974. The summed E-state index contributed by atoms with van der Waals surface area (Å²) in [5, 5.41) is 7.45. The van der Waals surface area contributed by atoms with Crippen LogP contribution in [0.3, 0.4) is 0 Å². The summed E-state index contributed by atoms with van der Waals surface area (Å²) in [6.07, 6.45) is 5.02. The van der Waals surface area contributed by atoms with E-state index >= 15 is 0 Å². The molecule has 18 heavy (non-hydrogen) atoms. The van der Waals surface area contributed by atoms with Crippen molar-refractivity contribution in [3.8, 4) is 0 Å². The van der Waals surface area contributed by atoms with Crippen LogP contribution in [0.15, 0.2) is 10.6 Å². The third kappa shape index (κ3) is 4.78. The van der Waals surface area contributed by atoms with Gasteiger partial charge in [0.1, 0.15) is 6.61 Å². The maximum atomic E-state index is 5.63. The SMILES string of the molecule is CCCC(C)COCc1cc(CNC2CC2)no1. The second-order valence-corrected chi connectivity index (χ2v) is 5.35. The molecule has 0 amide bonds. The van der Waals surface area contributed by atoms with Crippen molar-refractivity contribution in [1.82, 2.24) is 10.5 Å². The highest BCUT2D eigenvalue weighted by atomic mass is 16.5. The number of rotatable bonds is 9. The highest BCUT2D eigenvalue weighted by Gasteiger charge is 2.20. The van der Waals surface area contributed by atoms with Gasteiger partial charge in [0.25, 0.3) is 0 Å². The van der Waals surface area contributed by atoms with E-state index in [1.54, 1.807) is 0 Å². The minimum absolute atomic E-state index is 0.532. The number of nitrogens with one attached hydrogen (secondary N) is 1. The Morgan fingerprint density at radius 2 is 2.39 bits per heavy atom. The van der Waals surface area contributed by atoms with E-state index in [1.807, 2.05) is 6.07 Å². The van der Waals surface area contributed by atoms with Gasteiger partial charge < -0.3 is 14.6 Å². The predicted octanol–water partition coefficient (Wildman–Crippen LogP) is 2.88. The summed E-state index contributed by atoms with van der Waals surface area (Å²) in [4.78, 5) is 0. The summed E-state index contributed by atoms with van der Waals surface area (Å²) in [6, 6.07) is 2.69. The predicted molar refractivity (Wildman–Crippen MR) is 70.1 cm³/mol. The van der Waals surface area contributed by atoms with Crippen LogP contribution in [0.4, 0.5) is 0 Å². The van der Waals surface area contributed by atoms with Gasteiger partial charge in [-0.25, -0.2) is 0 Å². The summed E-state index contributed by atoms with van der Waals surface area (Å²) in [5.74, 6) is 1.44. The molecule has 1 heterocycles. The van der Waals surface area contributed by atoms with Gasteiger partial charge >= 0.3 is 0 Å². The molecule has 1 N–H and O–H groups in total. The number of ether oxygens (including phenoxy) is 1. The van der Waals surface area contributed by atoms with Crippen molar-refractivity contribution in [2.24, 2.45) is 5.92 Å². The third-order valence-electron chi connectivity index (χ3n) is 3.19. The molecular formula is C14H24N2O2. The molecule has 1 aliphatic rings. The molecule has 0 radical (unpaired) electrons. The zero-order valence-corrected chi connectivity index (χ0v) is 11.4. The van der Waals surface area contributed by atoms with Crippen LogP contribution in [0.25, 0.3) is 0 Å². The molecule has 0 saturated heterocycles. The van der Waals surface area contributed by atoms with E-state index in [0.717, 1.165) is 24.6 Å². The Balaban J connectivity index is 1.62. The molecule has 0 bridgehead atoms. The van der Waals surface area contributed by atoms with E-state index in [9.17, 15) is 0 Å². The van der Waals surface area contributed by atoms with Crippen molar-refractivity contribution in [2.75, 3.05) is 6.61 Å². The van der Waals surface area contributed by atoms with Crippen molar-refractivity contribution >= 4 is 0 Å². The van der Waals surface area contributed by atoms with Gasteiger partial charge in [-0.1, -0.05) is 25.4 Å². The highest BCUT2D eigenvalue weighted by molar-refractivity contribution is 5.04. The van der Waals surface area contributed by atoms with Gasteiger partial charge in [0.05, 0.1) is 5.69 Å². The van der Waals surface area contributed by atoms with Crippen LogP contribution in [-0.4, -0.2) is 17.8 Å². The molecule has 0 aromatic carbocycles. The fourth-order valence-corrected chi connectivity index (χ4v) is 1.98. The Bertz CT molecular complexity index is 347. The van der Waals surface area contributed by atoms with Crippen molar-refractivity contribution in [3.63, 3.8) is 0 Å². The molecule has 1 saturated carbocycles. The monoisotopic (exact) mass is 252 g/mol. The smallest absolute Gasteiger partial charge is 0.162 e. The lowest BCUT2D eigenvalue weighted by molar-refractivity contribution is 0.0739. The van der Waals surface area contributed by atoms with E-state index in [0.29, 0.717) is 18.6 Å². The average molecular weight is 252 g/mol. The molecule has 102 valence electrons. The minimum atomic E-state index is 0.532. The lowest BCUT2D eigenvalue weighted by atomic mass is 10.1. The van der Waals surface area contributed by atoms with Crippen LogP contribution in [0.1, 0.15) is 51.0 Å². The van der Waals surface area contributed by atoms with Crippen LogP contribution in [-0.2, 0) is 17.9 Å². The largest absolute Gasteiger partial charge is 0.373 e. The number of hydrogen-bond acceptors (Lipinski definition) is 4. The first-order valence-electron chi connectivity index (χ1n) is 7.03. The fraction of sp³-hybridized carbons (Fsp3) is 0.786. The zero-order chi connectivity index (χ0) is 12.8. The molecular weight excluding hydrogens is 228 g/mol. The quantitative estimate of drug-likeness (QED) is 0.734. The molecule has 4 heteroatoms. The van der Waals surface area contributed by atoms with Gasteiger partial charge in [-0.05, 0) is 25.2 Å². The third-order valence-corrected chi connectivity index (χ3v) is 3.19. The van der Waals surface area contributed by atoms with Crippen LogP contribution in [0.5, 0.6) is 0 Å². The number of nitrogens with zero attached hydrogens (tertiary/aromatic N) is 1. The lowest BCUT2D eigenvalue weighted by Gasteiger charge is -2.08. The molecule has 1 unspecified atom stereocenters. The molecule has 4 nitrogen and oxygen atoms in total. The first kappa shape index (κ1) is 13.6. The van der Waals surface area contributed by atoms with Crippen LogP contribution < -0.4 is 5.32 Å². The Morgan fingerprint density at radius 1 is 1.56 bits per heavy atom. The Morgan fingerprint density at radius 3 is 3.11 bits per heavy atom. The van der Waals surface area contributed by atoms with Gasteiger partial charge in [0.2, 0.25) is 0 Å². The van der Waals surface area contributed by atoms with Gasteiger partial charge in [-0.15, -0.1) is 0 Å². The molecule has 1 aromatic rings. The summed E-state index contributed by atoms with van der Waals surface area (Å²) in [6.45, 7) is 6.55. The maximum absolute atomic E-state index is 5.63. The molecule has 0 spiro atoms. The van der Waals surface area contributed by atoms with Crippen LogP contribution in [0, 0.1) is 5.92 Å². The van der Waals surface area contributed by atoms with E-state index in [4.69, 9.17) is 9.26 Å². The van der Waals surface area contributed by atoms with Crippen LogP contribution >= 0.6 is 0 Å². The normalized spacial score (nSPS) is 17.0. The summed E-state index contributed by atoms with van der Waals surface area (Å²) in [7, 11) is 0. The van der Waals surface area contributed by atoms with Crippen LogP contribution in [0.2, 0.25) is 0 Å². The second-order valence-electron chi connectivity index (χ2n) is 5.35. The van der Waals surface area contributed by atoms with Crippen molar-refractivity contribution in [2.45, 2.75) is 58.7 Å². The molecule has 1 fully saturated rings.